The van der Waals surface area contributed by atoms with Gasteiger partial charge in [0, 0.05) is 18.3 Å². The van der Waals surface area contributed by atoms with Crippen LogP contribution in [0.2, 0.25) is 0 Å². The van der Waals surface area contributed by atoms with Crippen LogP contribution in [0, 0.1) is 46.3 Å². The van der Waals surface area contributed by atoms with Crippen LogP contribution in [0.4, 0.5) is 0 Å². The Morgan fingerprint density at radius 1 is 0.800 bits per heavy atom. The maximum absolute atomic E-state index is 12.3. The number of ether oxygens (including phenoxy) is 9. The number of fused-ring (bicyclic) bond motifs is 7. The second kappa shape index (κ2) is 20.6. The molecule has 398 valence electrons. The van der Waals surface area contributed by atoms with E-state index in [4.69, 9.17) is 47.7 Å². The van der Waals surface area contributed by atoms with E-state index in [-0.39, 0.29) is 41.8 Å². The van der Waals surface area contributed by atoms with Crippen molar-refractivity contribution in [3.63, 3.8) is 0 Å². The largest absolute Gasteiger partial charge is 0.481 e. The summed E-state index contributed by atoms with van der Waals surface area (Å²) in [7, 11) is 0. The lowest BCUT2D eigenvalue weighted by molar-refractivity contribution is -0.390. The molecule has 0 radical (unpaired) electrons. The van der Waals surface area contributed by atoms with Crippen LogP contribution in [0.1, 0.15) is 98.3 Å². The molecule has 5 heterocycles. The van der Waals surface area contributed by atoms with Crippen LogP contribution in [0.5, 0.6) is 0 Å². The number of carboxylic acid groups (broad SMARTS) is 1. The third-order valence-electron chi connectivity index (χ3n) is 18.5. The Balaban J connectivity index is 0.861. The fourth-order valence-electron chi connectivity index (χ4n) is 14.5. The molecular weight excluding hydrogens is 925 g/mol. The van der Waals surface area contributed by atoms with E-state index in [9.17, 15) is 55.5 Å². The highest BCUT2D eigenvalue weighted by Gasteiger charge is 2.69. The highest BCUT2D eigenvalue weighted by atomic mass is 16.8. The molecule has 0 aromatic carbocycles. The van der Waals surface area contributed by atoms with E-state index < -0.39 is 136 Å². The van der Waals surface area contributed by atoms with Crippen LogP contribution in [-0.4, -0.2) is 200 Å². The highest BCUT2D eigenvalue weighted by molar-refractivity contribution is 5.72. The van der Waals surface area contributed by atoms with Crippen LogP contribution >= 0.6 is 0 Å². The molecule has 21 nitrogen and oxygen atoms in total. The molecule has 4 aliphatic carbocycles. The molecule has 21 heteroatoms. The minimum absolute atomic E-state index is 0.0318. The number of aliphatic carboxylic acids is 1. The SMILES string of the molecule is C[C@@H]1O[C@@H](O[C@H]2[C@H](O[C@H]3CC[C@@]4(C)C(=CC[C@H]5[C@@H]6C[C@@H]7O[C@]8(CC[C@@H](COC(=O)C[C@@H](O)CC(=O)O)CO8)[C@@H](C)[C@@H]7[C@@]6(C)CC[C@@H]54)C3)O[C@H](CO)[C@@H](O)[C@@H]2O[C@@H]2OC[C@H](O)[C@H](O)[C@H]2O)[C@H](O)[C@H](O)[C@H]1O. The zero-order chi connectivity index (χ0) is 50.2. The summed E-state index contributed by atoms with van der Waals surface area (Å²) in [6, 6.07) is 0. The number of carbonyl (C=O) groups excluding carboxylic acids is 1. The van der Waals surface area contributed by atoms with Gasteiger partial charge in [-0.15, -0.1) is 0 Å². The minimum atomic E-state index is -1.75. The van der Waals surface area contributed by atoms with E-state index in [2.05, 4.69) is 26.8 Å². The second-order valence-corrected chi connectivity index (χ2v) is 22.5. The zero-order valence-corrected chi connectivity index (χ0v) is 40.4. The van der Waals surface area contributed by atoms with Gasteiger partial charge in [-0.2, -0.15) is 0 Å². The maximum atomic E-state index is 12.3. The van der Waals surface area contributed by atoms with Gasteiger partial charge in [0.05, 0.1) is 63.7 Å². The van der Waals surface area contributed by atoms with Crippen LogP contribution < -0.4 is 0 Å². The summed E-state index contributed by atoms with van der Waals surface area (Å²) < 4.78 is 55.6. The average Bonchev–Trinajstić information content (AvgIpc) is 3.77. The Kier molecular flexibility index (Phi) is 15.6. The molecule has 5 saturated heterocycles. The predicted octanol–water partition coefficient (Wildman–Crippen LogP) is -0.398. The number of hydrogen-bond donors (Lipinski definition) is 10. The summed E-state index contributed by atoms with van der Waals surface area (Å²) in [5.74, 6) is -0.787. The van der Waals surface area contributed by atoms with Gasteiger partial charge in [0.1, 0.15) is 61.0 Å². The molecule has 0 aromatic heterocycles. The van der Waals surface area contributed by atoms with Crippen LogP contribution in [0.15, 0.2) is 11.6 Å². The van der Waals surface area contributed by atoms with Gasteiger partial charge >= 0.3 is 11.9 Å². The predicted molar refractivity (Wildman–Crippen MR) is 236 cm³/mol. The van der Waals surface area contributed by atoms with Crippen LogP contribution in [0.3, 0.4) is 0 Å². The van der Waals surface area contributed by atoms with Gasteiger partial charge in [-0.25, -0.2) is 0 Å². The molecule has 9 rings (SSSR count). The van der Waals surface area contributed by atoms with Crippen molar-refractivity contribution in [3.8, 4) is 0 Å². The van der Waals surface area contributed by atoms with Crippen molar-refractivity contribution in [2.24, 2.45) is 46.3 Å². The lowest BCUT2D eigenvalue weighted by Gasteiger charge is -2.59. The fourth-order valence-corrected chi connectivity index (χ4v) is 14.5. The maximum Gasteiger partial charge on any atom is 0.308 e. The number of aliphatic hydroxyl groups excluding tert-OH is 9. The van der Waals surface area contributed by atoms with Crippen molar-refractivity contribution in [1.82, 2.24) is 0 Å². The lowest BCUT2D eigenvalue weighted by Crippen LogP contribution is -2.66. The smallest absolute Gasteiger partial charge is 0.308 e. The topological polar surface area (TPSA) is 320 Å². The first kappa shape index (κ1) is 52.8. The number of esters is 1. The van der Waals surface area contributed by atoms with Crippen LogP contribution in [0.25, 0.3) is 0 Å². The molecule has 0 aromatic rings. The molecule has 0 amide bonds. The molecule has 5 aliphatic heterocycles. The van der Waals surface area contributed by atoms with Gasteiger partial charge < -0.3 is 93.7 Å². The summed E-state index contributed by atoms with van der Waals surface area (Å²) in [6.45, 7) is 8.01. The number of hydrogen-bond acceptors (Lipinski definition) is 20. The molecule has 9 aliphatic rings. The molecule has 0 unspecified atom stereocenters. The van der Waals surface area contributed by atoms with Crippen molar-refractivity contribution in [2.75, 3.05) is 26.4 Å². The van der Waals surface area contributed by atoms with Gasteiger partial charge in [-0.1, -0.05) is 32.4 Å². The summed E-state index contributed by atoms with van der Waals surface area (Å²) in [6.07, 6.45) is -13.8. The standard InChI is InChI=1S/C49H76O21/c1-21-35-31(70-49(21)12-7-23(19-64-49)18-62-34(55)15-25(51)14-33(53)54)16-29-27-6-5-24-13-26(8-10-47(24,3)28(27)9-11-48(29,35)4)66-46-43(69-45-41(61)39(59)36(56)22(2)65-45)42(38(58)32(17-50)67-46)68-44-40(60)37(57)30(52)20-63-44/h5,21-23,25-32,35-46,50-52,56-61H,6-20H2,1-4H3,(H,53,54)/t21-,22-,23-,25-,26-,27+,28-,29-,30-,31-,32+,35-,36-,37-,38+,39+,40+,41+,42-,43+,44-,45-,46+,47-,48-,49+/m0/s1. The highest BCUT2D eigenvalue weighted by Crippen LogP contribution is 2.70. The molecule has 70 heavy (non-hydrogen) atoms. The van der Waals surface area contributed by atoms with Crippen molar-refractivity contribution >= 4 is 11.9 Å². The molecule has 3 saturated carbocycles. The van der Waals surface area contributed by atoms with E-state index in [1.165, 1.54) is 12.5 Å². The van der Waals surface area contributed by atoms with Gasteiger partial charge in [-0.05, 0) is 92.8 Å². The Labute approximate surface area is 407 Å². The van der Waals surface area contributed by atoms with Gasteiger partial charge in [0.15, 0.2) is 24.7 Å². The van der Waals surface area contributed by atoms with E-state index in [1.54, 1.807) is 0 Å². The summed E-state index contributed by atoms with van der Waals surface area (Å²) in [5.41, 5.74) is 1.22. The van der Waals surface area contributed by atoms with Crippen molar-refractivity contribution in [2.45, 2.75) is 208 Å². The monoisotopic (exact) mass is 1000 g/mol. The molecular formula is C49H76O21. The van der Waals surface area contributed by atoms with Crippen molar-refractivity contribution in [1.29, 1.82) is 0 Å². The number of rotatable bonds is 13. The van der Waals surface area contributed by atoms with Gasteiger partial charge in [0.2, 0.25) is 0 Å². The van der Waals surface area contributed by atoms with E-state index in [1.807, 2.05) is 0 Å². The first-order valence-electron chi connectivity index (χ1n) is 25.5. The zero-order valence-electron chi connectivity index (χ0n) is 40.4. The number of allylic oxidation sites excluding steroid dienone is 1. The fraction of sp³-hybridized carbons (Fsp3) is 0.918. The Morgan fingerprint density at radius 3 is 2.26 bits per heavy atom. The second-order valence-electron chi connectivity index (χ2n) is 22.5. The van der Waals surface area contributed by atoms with Crippen LogP contribution in [-0.2, 0) is 52.2 Å². The number of aliphatic hydroxyl groups is 9. The molecule has 8 fully saturated rings. The Hall–Kier alpha value is -2.00. The third-order valence-corrected chi connectivity index (χ3v) is 18.5. The van der Waals surface area contributed by atoms with Crippen molar-refractivity contribution in [3.05, 3.63) is 11.6 Å². The molecule has 10 N–H and O–H groups in total. The van der Waals surface area contributed by atoms with E-state index in [0.717, 1.165) is 38.5 Å². The average molecular weight is 1000 g/mol. The Morgan fingerprint density at radius 2 is 1.54 bits per heavy atom. The van der Waals surface area contributed by atoms with Gasteiger partial charge in [0.25, 0.3) is 0 Å². The summed E-state index contributed by atoms with van der Waals surface area (Å²) >= 11 is 0. The van der Waals surface area contributed by atoms with E-state index >= 15 is 0 Å². The third kappa shape index (κ3) is 9.65. The lowest BCUT2D eigenvalue weighted by atomic mass is 9.47. The van der Waals surface area contributed by atoms with E-state index in [0.29, 0.717) is 49.5 Å². The number of carbonyl (C=O) groups is 2. The molecule has 1 spiro atoms. The van der Waals surface area contributed by atoms with Gasteiger partial charge in [-0.3, -0.25) is 9.59 Å². The Bertz CT molecular complexity index is 1880. The summed E-state index contributed by atoms with van der Waals surface area (Å²) in [5, 5.41) is 104. The number of carboxylic acids is 1. The quantitative estimate of drug-likeness (QED) is 0.0829. The molecule has 26 atom stereocenters. The normalized spacial score (nSPS) is 51.6. The molecule has 0 bridgehead atoms. The first-order valence-corrected chi connectivity index (χ1v) is 25.5. The van der Waals surface area contributed by atoms with Crippen molar-refractivity contribution < 1.29 is 103 Å². The first-order chi connectivity index (χ1) is 33.2. The minimum Gasteiger partial charge on any atom is -0.481 e. The summed E-state index contributed by atoms with van der Waals surface area (Å²) in [4.78, 5) is 23.1.